The summed E-state index contributed by atoms with van der Waals surface area (Å²) in [6, 6.07) is 9.83. The molecule has 0 unspecified atom stereocenters. The van der Waals surface area contributed by atoms with E-state index in [0.29, 0.717) is 5.02 Å². The molecule has 0 atom stereocenters. The highest BCUT2D eigenvalue weighted by atomic mass is 35.5. The predicted octanol–water partition coefficient (Wildman–Crippen LogP) is 3.13. The third-order valence-electron chi connectivity index (χ3n) is 3.72. The lowest BCUT2D eigenvalue weighted by Gasteiger charge is -2.17. The van der Waals surface area contributed by atoms with Crippen molar-refractivity contribution in [1.82, 2.24) is 30.1 Å². The lowest BCUT2D eigenvalue weighted by molar-refractivity contribution is 0.427. The van der Waals surface area contributed by atoms with Crippen molar-refractivity contribution in [3.05, 3.63) is 53.4 Å². The lowest BCUT2D eigenvalue weighted by Crippen LogP contribution is -2.15. The maximum atomic E-state index is 13.9. The van der Waals surface area contributed by atoms with Crippen LogP contribution < -0.4 is 10.6 Å². The molecule has 0 saturated carbocycles. The summed E-state index contributed by atoms with van der Waals surface area (Å²) in [5.41, 5.74) is 6.49. The lowest BCUT2D eigenvalue weighted by atomic mass is 10.3. The van der Waals surface area contributed by atoms with Gasteiger partial charge in [-0.25, -0.2) is 9.37 Å². The highest BCUT2D eigenvalue weighted by molar-refractivity contribution is 6.30. The second-order valence-corrected chi connectivity index (χ2v) is 6.05. The van der Waals surface area contributed by atoms with Gasteiger partial charge in [0.05, 0.1) is 0 Å². The standard InChI is InChI=1S/C17H12ClFN8O/c1-27(10-5-2-4-9(18)8-10)17-24-13(23-16(20)25-17)14-22-15(28-26-14)12-11(19)6-3-7-21-12/h2-8H,1H3,(H2,20,23,24,25). The van der Waals surface area contributed by atoms with E-state index in [2.05, 4.69) is 30.1 Å². The molecule has 0 saturated heterocycles. The van der Waals surface area contributed by atoms with E-state index >= 15 is 0 Å². The fourth-order valence-corrected chi connectivity index (χ4v) is 2.57. The number of nitrogens with zero attached hydrogens (tertiary/aromatic N) is 7. The van der Waals surface area contributed by atoms with Crippen molar-refractivity contribution in [1.29, 1.82) is 0 Å². The van der Waals surface area contributed by atoms with E-state index < -0.39 is 5.82 Å². The van der Waals surface area contributed by atoms with Gasteiger partial charge in [-0.15, -0.1) is 0 Å². The second kappa shape index (κ2) is 7.16. The molecule has 0 spiro atoms. The van der Waals surface area contributed by atoms with Gasteiger partial charge in [-0.3, -0.25) is 0 Å². The van der Waals surface area contributed by atoms with Gasteiger partial charge >= 0.3 is 0 Å². The van der Waals surface area contributed by atoms with E-state index in [1.54, 1.807) is 30.1 Å². The van der Waals surface area contributed by atoms with Gasteiger partial charge in [0, 0.05) is 24.0 Å². The van der Waals surface area contributed by atoms with E-state index in [9.17, 15) is 4.39 Å². The van der Waals surface area contributed by atoms with Crippen LogP contribution in [0, 0.1) is 5.82 Å². The van der Waals surface area contributed by atoms with Crippen LogP contribution in [-0.2, 0) is 0 Å². The van der Waals surface area contributed by atoms with Crippen LogP contribution in [0.1, 0.15) is 0 Å². The zero-order valence-electron chi connectivity index (χ0n) is 14.4. The Bertz CT molecular complexity index is 1150. The van der Waals surface area contributed by atoms with Crippen molar-refractivity contribution in [2.24, 2.45) is 0 Å². The van der Waals surface area contributed by atoms with E-state index in [-0.39, 0.29) is 35.1 Å². The van der Waals surface area contributed by atoms with E-state index in [4.69, 9.17) is 21.9 Å². The number of aromatic nitrogens is 6. The summed E-state index contributed by atoms with van der Waals surface area (Å²) in [5.74, 6) is -0.381. The summed E-state index contributed by atoms with van der Waals surface area (Å²) >= 11 is 6.04. The molecule has 0 amide bonds. The normalized spacial score (nSPS) is 10.8. The van der Waals surface area contributed by atoms with Crippen molar-refractivity contribution in [3.8, 4) is 23.2 Å². The number of pyridine rings is 1. The molecule has 9 nitrogen and oxygen atoms in total. The first kappa shape index (κ1) is 17.7. The molecular formula is C17H12ClFN8O. The van der Waals surface area contributed by atoms with E-state index in [1.165, 1.54) is 18.3 Å². The average molecular weight is 399 g/mol. The Morgan fingerprint density at radius 2 is 1.93 bits per heavy atom. The van der Waals surface area contributed by atoms with Gasteiger partial charge in [0.1, 0.15) is 0 Å². The molecule has 0 bridgehead atoms. The number of benzene rings is 1. The molecule has 28 heavy (non-hydrogen) atoms. The molecule has 2 N–H and O–H groups in total. The van der Waals surface area contributed by atoms with E-state index in [0.717, 1.165) is 5.69 Å². The Hall–Kier alpha value is -3.66. The highest BCUT2D eigenvalue weighted by Gasteiger charge is 2.19. The smallest absolute Gasteiger partial charge is 0.279 e. The first-order valence-corrected chi connectivity index (χ1v) is 8.35. The predicted molar refractivity (Wildman–Crippen MR) is 100 cm³/mol. The number of anilines is 3. The summed E-state index contributed by atoms with van der Waals surface area (Å²) in [6.45, 7) is 0. The van der Waals surface area contributed by atoms with Crippen LogP contribution in [-0.4, -0.2) is 37.1 Å². The molecule has 0 radical (unpaired) electrons. The van der Waals surface area contributed by atoms with Gasteiger partial charge in [0.25, 0.3) is 5.89 Å². The van der Waals surface area contributed by atoms with Gasteiger partial charge < -0.3 is 15.2 Å². The highest BCUT2D eigenvalue weighted by Crippen LogP contribution is 2.26. The van der Waals surface area contributed by atoms with Crippen LogP contribution in [0.25, 0.3) is 23.2 Å². The fraction of sp³-hybridized carbons (Fsp3) is 0.0588. The molecular weight excluding hydrogens is 387 g/mol. The zero-order chi connectivity index (χ0) is 19.7. The molecule has 11 heteroatoms. The van der Waals surface area contributed by atoms with Crippen molar-refractivity contribution in [2.45, 2.75) is 0 Å². The van der Waals surface area contributed by atoms with Crippen molar-refractivity contribution in [2.75, 3.05) is 17.7 Å². The monoisotopic (exact) mass is 398 g/mol. The SMILES string of the molecule is CN(c1cccc(Cl)c1)c1nc(N)nc(-c2noc(-c3ncccc3F)n2)n1. The Morgan fingerprint density at radius 3 is 2.71 bits per heavy atom. The van der Waals surface area contributed by atoms with Gasteiger partial charge in [-0.05, 0) is 30.3 Å². The number of nitrogen functional groups attached to an aromatic ring is 1. The Kier molecular flexibility index (Phi) is 4.53. The summed E-state index contributed by atoms with van der Waals surface area (Å²) < 4.78 is 19.0. The molecule has 4 rings (SSSR count). The summed E-state index contributed by atoms with van der Waals surface area (Å²) in [6.07, 6.45) is 1.42. The van der Waals surface area contributed by atoms with Crippen molar-refractivity contribution < 1.29 is 8.91 Å². The number of rotatable bonds is 4. The fourth-order valence-electron chi connectivity index (χ4n) is 2.38. The molecule has 3 aromatic heterocycles. The zero-order valence-corrected chi connectivity index (χ0v) is 15.2. The van der Waals surface area contributed by atoms with Crippen LogP contribution >= 0.6 is 11.6 Å². The molecule has 0 aliphatic heterocycles. The minimum Gasteiger partial charge on any atom is -0.368 e. The second-order valence-electron chi connectivity index (χ2n) is 5.61. The van der Waals surface area contributed by atoms with E-state index in [1.807, 2.05) is 6.07 Å². The molecule has 0 fully saturated rings. The van der Waals surface area contributed by atoms with Gasteiger partial charge in [0.15, 0.2) is 11.5 Å². The summed E-state index contributed by atoms with van der Waals surface area (Å²) in [4.78, 5) is 22.2. The van der Waals surface area contributed by atoms with Crippen LogP contribution in [0.15, 0.2) is 47.1 Å². The minimum atomic E-state index is -0.589. The Morgan fingerprint density at radius 1 is 1.07 bits per heavy atom. The molecule has 0 aliphatic carbocycles. The topological polar surface area (TPSA) is 120 Å². The Balaban J connectivity index is 1.71. The van der Waals surface area contributed by atoms with Crippen LogP contribution in [0.2, 0.25) is 5.02 Å². The maximum absolute atomic E-state index is 13.9. The maximum Gasteiger partial charge on any atom is 0.279 e. The number of nitrogens with two attached hydrogens (primary N) is 1. The van der Waals surface area contributed by atoms with Crippen LogP contribution in [0.4, 0.5) is 22.0 Å². The van der Waals surface area contributed by atoms with Gasteiger partial charge in [-0.2, -0.15) is 19.9 Å². The van der Waals surface area contributed by atoms with Gasteiger partial charge in [-0.1, -0.05) is 22.8 Å². The molecule has 1 aromatic carbocycles. The molecule has 140 valence electrons. The average Bonchev–Trinajstić information content (AvgIpc) is 3.17. The molecule has 4 aromatic rings. The first-order chi connectivity index (χ1) is 13.5. The molecule has 0 aliphatic rings. The molecule has 3 heterocycles. The summed E-state index contributed by atoms with van der Waals surface area (Å²) in [7, 11) is 1.75. The number of halogens is 2. The number of hydrogen-bond donors (Lipinski definition) is 1. The van der Waals surface area contributed by atoms with Crippen LogP contribution in [0.3, 0.4) is 0 Å². The quantitative estimate of drug-likeness (QED) is 0.552. The summed E-state index contributed by atoms with van der Waals surface area (Å²) in [5, 5.41) is 4.35. The van der Waals surface area contributed by atoms with Crippen molar-refractivity contribution >= 4 is 29.2 Å². The van der Waals surface area contributed by atoms with Gasteiger partial charge in [0.2, 0.25) is 23.5 Å². The minimum absolute atomic E-state index is 0.0231. The third-order valence-corrected chi connectivity index (χ3v) is 3.96. The number of hydrogen-bond acceptors (Lipinski definition) is 9. The first-order valence-electron chi connectivity index (χ1n) is 7.97. The Labute approximate surface area is 163 Å². The van der Waals surface area contributed by atoms with Crippen LogP contribution in [0.5, 0.6) is 0 Å². The third kappa shape index (κ3) is 3.45. The largest absolute Gasteiger partial charge is 0.368 e. The van der Waals surface area contributed by atoms with Crippen molar-refractivity contribution in [3.63, 3.8) is 0 Å².